The smallest absolute Gasteiger partial charge is 0.316 e. The molecule has 7 nitrogen and oxygen atoms in total. The van der Waals surface area contributed by atoms with Gasteiger partial charge in [-0.2, -0.15) is 5.10 Å². The van der Waals surface area contributed by atoms with E-state index >= 15 is 0 Å². The summed E-state index contributed by atoms with van der Waals surface area (Å²) in [4.78, 5) is 29.0. The van der Waals surface area contributed by atoms with Gasteiger partial charge < -0.3 is 10.1 Å². The fourth-order valence-corrected chi connectivity index (χ4v) is 3.37. The van der Waals surface area contributed by atoms with Crippen molar-refractivity contribution in [1.29, 1.82) is 0 Å². The number of hydrogen-bond acceptors (Lipinski definition) is 6. The third-order valence-electron chi connectivity index (χ3n) is 3.70. The van der Waals surface area contributed by atoms with E-state index in [1.807, 2.05) is 31.2 Å². The Balaban J connectivity index is 1.54. The number of aromatic nitrogens is 3. The lowest BCUT2D eigenvalue weighted by Gasteiger charge is -2.11. The zero-order valence-corrected chi connectivity index (χ0v) is 16.5. The molecule has 0 atom stereocenters. The molecule has 1 heterocycles. The Morgan fingerprint density at radius 2 is 2.07 bits per heavy atom. The second kappa shape index (κ2) is 9.38. The molecule has 9 heteroatoms. The first-order valence-electron chi connectivity index (χ1n) is 8.31. The van der Waals surface area contributed by atoms with Crippen LogP contribution in [0.15, 0.2) is 60.0 Å². The van der Waals surface area contributed by atoms with Gasteiger partial charge in [-0.25, -0.2) is 9.67 Å². The first kappa shape index (κ1) is 19.9. The molecule has 0 bridgehead atoms. The van der Waals surface area contributed by atoms with Gasteiger partial charge in [-0.05, 0) is 36.8 Å². The van der Waals surface area contributed by atoms with Crippen molar-refractivity contribution in [3.8, 4) is 5.69 Å². The molecule has 1 aromatic heterocycles. The van der Waals surface area contributed by atoms with Gasteiger partial charge in [-0.3, -0.25) is 9.59 Å². The number of amides is 1. The molecule has 1 N–H and O–H groups in total. The van der Waals surface area contributed by atoms with E-state index in [0.29, 0.717) is 16.4 Å². The number of carbonyl (C=O) groups excluding carboxylic acids is 2. The molecule has 28 heavy (non-hydrogen) atoms. The van der Waals surface area contributed by atoms with E-state index in [-0.39, 0.29) is 5.75 Å². The molecular formula is C19H17ClN4O3S. The number of esters is 1. The van der Waals surface area contributed by atoms with Crippen molar-refractivity contribution in [1.82, 2.24) is 14.8 Å². The topological polar surface area (TPSA) is 86.1 Å². The van der Waals surface area contributed by atoms with Crippen LogP contribution in [0.5, 0.6) is 0 Å². The SMILES string of the molecule is Cc1ccccc1SCC(=O)OCC(=O)Nc1cc(Cl)ccc1-n1cncn1. The summed E-state index contributed by atoms with van der Waals surface area (Å²) in [5.74, 6) is -0.816. The molecule has 3 aromatic rings. The predicted molar refractivity (Wildman–Crippen MR) is 108 cm³/mol. The van der Waals surface area contributed by atoms with E-state index in [1.165, 1.54) is 29.1 Å². The third kappa shape index (κ3) is 5.34. The largest absolute Gasteiger partial charge is 0.455 e. The molecule has 0 aliphatic heterocycles. The molecule has 0 radical (unpaired) electrons. The van der Waals surface area contributed by atoms with Gasteiger partial charge >= 0.3 is 5.97 Å². The first-order chi connectivity index (χ1) is 13.5. The van der Waals surface area contributed by atoms with Crippen molar-refractivity contribution >= 4 is 40.9 Å². The Labute approximate surface area is 171 Å². The zero-order chi connectivity index (χ0) is 19.9. The van der Waals surface area contributed by atoms with E-state index < -0.39 is 18.5 Å². The molecule has 144 valence electrons. The highest BCUT2D eigenvalue weighted by Crippen LogP contribution is 2.24. The molecule has 2 aromatic carbocycles. The summed E-state index contributed by atoms with van der Waals surface area (Å²) in [7, 11) is 0. The van der Waals surface area contributed by atoms with Crippen molar-refractivity contribution in [3.05, 3.63) is 65.7 Å². The van der Waals surface area contributed by atoms with Gasteiger partial charge in [0.05, 0.1) is 17.1 Å². The van der Waals surface area contributed by atoms with Crippen LogP contribution in [-0.4, -0.2) is 39.0 Å². The van der Waals surface area contributed by atoms with Crippen LogP contribution in [0.4, 0.5) is 5.69 Å². The number of benzene rings is 2. The van der Waals surface area contributed by atoms with Crippen LogP contribution in [0.3, 0.4) is 0 Å². The average molecular weight is 417 g/mol. The normalized spacial score (nSPS) is 10.5. The number of thioether (sulfide) groups is 1. The number of ether oxygens (including phenoxy) is 1. The molecule has 0 spiro atoms. The number of anilines is 1. The van der Waals surface area contributed by atoms with Gasteiger partial charge in [0.1, 0.15) is 12.7 Å². The molecule has 0 saturated heterocycles. The lowest BCUT2D eigenvalue weighted by atomic mass is 10.2. The molecule has 0 fully saturated rings. The van der Waals surface area contributed by atoms with Crippen LogP contribution in [0.1, 0.15) is 5.56 Å². The van der Waals surface area contributed by atoms with Gasteiger partial charge in [0.2, 0.25) is 0 Å². The van der Waals surface area contributed by atoms with Gasteiger partial charge in [0.15, 0.2) is 6.61 Å². The van der Waals surface area contributed by atoms with Gasteiger partial charge in [-0.15, -0.1) is 11.8 Å². The zero-order valence-electron chi connectivity index (χ0n) is 15.0. The maximum atomic E-state index is 12.2. The quantitative estimate of drug-likeness (QED) is 0.468. The van der Waals surface area contributed by atoms with E-state index in [9.17, 15) is 9.59 Å². The number of hydrogen-bond donors (Lipinski definition) is 1. The number of halogens is 1. The van der Waals surface area contributed by atoms with Gasteiger partial charge in [0, 0.05) is 9.92 Å². The third-order valence-corrected chi connectivity index (χ3v) is 5.09. The summed E-state index contributed by atoms with van der Waals surface area (Å²) >= 11 is 7.39. The molecule has 1 amide bonds. The Hall–Kier alpha value is -2.84. The maximum absolute atomic E-state index is 12.2. The molecule has 0 saturated carbocycles. The summed E-state index contributed by atoms with van der Waals surface area (Å²) in [5.41, 5.74) is 2.12. The summed E-state index contributed by atoms with van der Waals surface area (Å²) < 4.78 is 6.56. The Morgan fingerprint density at radius 3 is 2.82 bits per heavy atom. The standard InChI is InChI=1S/C19H17ClN4O3S/c1-13-4-2-3-5-17(13)28-10-19(26)27-9-18(25)23-15-8-14(20)6-7-16(15)24-12-21-11-22-24/h2-8,11-12H,9-10H2,1H3,(H,23,25). The summed E-state index contributed by atoms with van der Waals surface area (Å²) in [6.07, 6.45) is 2.88. The fraction of sp³-hybridized carbons (Fsp3) is 0.158. The second-order valence-electron chi connectivity index (χ2n) is 5.76. The molecular weight excluding hydrogens is 400 g/mol. The first-order valence-corrected chi connectivity index (χ1v) is 9.68. The van der Waals surface area contributed by atoms with Crippen LogP contribution in [-0.2, 0) is 14.3 Å². The number of carbonyl (C=O) groups is 2. The Morgan fingerprint density at radius 1 is 1.25 bits per heavy atom. The van der Waals surface area contributed by atoms with Crippen molar-refractivity contribution in [2.45, 2.75) is 11.8 Å². The van der Waals surface area contributed by atoms with Crippen LogP contribution in [0.2, 0.25) is 5.02 Å². The number of nitrogens with one attached hydrogen (secondary N) is 1. The lowest BCUT2D eigenvalue weighted by Crippen LogP contribution is -2.22. The summed E-state index contributed by atoms with van der Waals surface area (Å²) in [5, 5.41) is 7.17. The summed E-state index contributed by atoms with van der Waals surface area (Å²) in [6, 6.07) is 12.7. The van der Waals surface area contributed by atoms with E-state index in [4.69, 9.17) is 16.3 Å². The molecule has 0 aliphatic carbocycles. The Kier molecular flexibility index (Phi) is 6.67. The molecule has 0 unspecified atom stereocenters. The second-order valence-corrected chi connectivity index (χ2v) is 7.22. The van der Waals surface area contributed by atoms with Crippen LogP contribution in [0.25, 0.3) is 5.69 Å². The fourth-order valence-electron chi connectivity index (χ4n) is 2.37. The van der Waals surface area contributed by atoms with Crippen LogP contribution in [0, 0.1) is 6.92 Å². The highest BCUT2D eigenvalue weighted by Gasteiger charge is 2.13. The van der Waals surface area contributed by atoms with Crippen molar-refractivity contribution in [2.75, 3.05) is 17.7 Å². The van der Waals surface area contributed by atoms with Crippen molar-refractivity contribution < 1.29 is 14.3 Å². The average Bonchev–Trinajstić information content (AvgIpc) is 3.20. The predicted octanol–water partition coefficient (Wildman–Crippen LogP) is 3.50. The highest BCUT2D eigenvalue weighted by atomic mass is 35.5. The van der Waals surface area contributed by atoms with Gasteiger partial charge in [0.25, 0.3) is 5.91 Å². The minimum absolute atomic E-state index is 0.125. The number of rotatable bonds is 7. The van der Waals surface area contributed by atoms with Crippen LogP contribution < -0.4 is 5.32 Å². The van der Waals surface area contributed by atoms with Crippen LogP contribution >= 0.6 is 23.4 Å². The van der Waals surface area contributed by atoms with E-state index in [0.717, 1.165) is 10.5 Å². The van der Waals surface area contributed by atoms with E-state index in [1.54, 1.807) is 18.2 Å². The Bertz CT molecular complexity index is 979. The number of aryl methyl sites for hydroxylation is 1. The monoisotopic (exact) mass is 416 g/mol. The minimum Gasteiger partial charge on any atom is -0.455 e. The summed E-state index contributed by atoms with van der Waals surface area (Å²) in [6.45, 7) is 1.58. The highest BCUT2D eigenvalue weighted by molar-refractivity contribution is 8.00. The van der Waals surface area contributed by atoms with Crippen molar-refractivity contribution in [3.63, 3.8) is 0 Å². The molecule has 3 rings (SSSR count). The minimum atomic E-state index is -0.474. The number of nitrogens with zero attached hydrogens (tertiary/aromatic N) is 3. The van der Waals surface area contributed by atoms with Crippen molar-refractivity contribution in [2.24, 2.45) is 0 Å². The molecule has 0 aliphatic rings. The van der Waals surface area contributed by atoms with E-state index in [2.05, 4.69) is 15.4 Å². The lowest BCUT2D eigenvalue weighted by molar-refractivity contribution is -0.144. The maximum Gasteiger partial charge on any atom is 0.316 e. The van der Waals surface area contributed by atoms with Gasteiger partial charge in [-0.1, -0.05) is 29.8 Å².